The van der Waals surface area contributed by atoms with Crippen LogP contribution in [0.1, 0.15) is 25.7 Å². The summed E-state index contributed by atoms with van der Waals surface area (Å²) in [5, 5.41) is 19.1. The molecular formula is C24H26N8O3. The molecule has 0 aliphatic carbocycles. The first-order valence-corrected chi connectivity index (χ1v) is 11.7. The van der Waals surface area contributed by atoms with Crippen LogP contribution in [0.5, 0.6) is 0 Å². The number of hydrogen-bond donors (Lipinski definition) is 3. The van der Waals surface area contributed by atoms with E-state index in [0.717, 1.165) is 30.8 Å². The summed E-state index contributed by atoms with van der Waals surface area (Å²) in [6, 6.07) is 7.69. The van der Waals surface area contributed by atoms with Crippen molar-refractivity contribution in [1.82, 2.24) is 20.2 Å². The van der Waals surface area contributed by atoms with E-state index in [0.29, 0.717) is 55.1 Å². The number of carbonyl (C=O) groups is 1. The summed E-state index contributed by atoms with van der Waals surface area (Å²) in [7, 11) is 0. The lowest BCUT2D eigenvalue weighted by atomic mass is 9.97. The van der Waals surface area contributed by atoms with Gasteiger partial charge in [0.15, 0.2) is 0 Å². The molecule has 1 aromatic carbocycles. The number of piperidine rings is 2. The van der Waals surface area contributed by atoms with Crippen molar-refractivity contribution in [3.05, 3.63) is 52.2 Å². The minimum absolute atomic E-state index is 0.0927. The number of H-pyrrole nitrogens is 1. The van der Waals surface area contributed by atoms with E-state index in [1.807, 2.05) is 29.2 Å². The zero-order valence-corrected chi connectivity index (χ0v) is 19.1. The lowest BCUT2D eigenvalue weighted by molar-refractivity contribution is -0.142. The van der Waals surface area contributed by atoms with Gasteiger partial charge in [-0.05, 0) is 43.5 Å². The molecule has 11 heteroatoms. The van der Waals surface area contributed by atoms with E-state index in [4.69, 9.17) is 6.57 Å². The van der Waals surface area contributed by atoms with Crippen LogP contribution < -0.4 is 20.7 Å². The third-order valence-electron chi connectivity index (χ3n) is 6.71. The third-order valence-corrected chi connectivity index (χ3v) is 6.71. The number of aliphatic carboxylic acids is 1. The highest BCUT2D eigenvalue weighted by atomic mass is 16.4. The maximum Gasteiger partial charge on any atom is 0.306 e. The van der Waals surface area contributed by atoms with Gasteiger partial charge in [-0.3, -0.25) is 9.59 Å². The summed E-state index contributed by atoms with van der Waals surface area (Å²) in [6.07, 6.45) is 4.52. The summed E-state index contributed by atoms with van der Waals surface area (Å²) in [5.41, 5.74) is 1.83. The quantitative estimate of drug-likeness (QED) is 0.478. The number of nitrogens with zero attached hydrogens (tertiary/aromatic N) is 6. The highest BCUT2D eigenvalue weighted by Crippen LogP contribution is 2.28. The van der Waals surface area contributed by atoms with E-state index in [2.05, 4.69) is 35.2 Å². The largest absolute Gasteiger partial charge is 0.481 e. The third kappa shape index (κ3) is 4.73. The molecule has 2 saturated heterocycles. The summed E-state index contributed by atoms with van der Waals surface area (Å²) in [6.45, 7) is 10.1. The Hall–Kier alpha value is -4.20. The SMILES string of the molecule is [C-]#[N+]C1CCCN(c2nc(Nc3ccc(N4CCC(C(=O)O)CC4)cc3)c3c(=O)[nH]ncc3n2)C1. The van der Waals surface area contributed by atoms with Gasteiger partial charge in [-0.1, -0.05) is 0 Å². The lowest BCUT2D eigenvalue weighted by Crippen LogP contribution is -2.38. The number of fused-ring (bicyclic) bond motifs is 1. The van der Waals surface area contributed by atoms with Crippen LogP contribution in [-0.4, -0.2) is 63.5 Å². The van der Waals surface area contributed by atoms with Crippen LogP contribution >= 0.6 is 0 Å². The molecule has 0 bridgehead atoms. The van der Waals surface area contributed by atoms with Crippen LogP contribution in [-0.2, 0) is 4.79 Å². The van der Waals surface area contributed by atoms with Crippen molar-refractivity contribution in [2.75, 3.05) is 41.3 Å². The number of carboxylic acid groups (broad SMARTS) is 1. The maximum absolute atomic E-state index is 12.6. The van der Waals surface area contributed by atoms with Crippen LogP contribution in [0.15, 0.2) is 35.3 Å². The summed E-state index contributed by atoms with van der Waals surface area (Å²) < 4.78 is 0. The first-order valence-electron chi connectivity index (χ1n) is 11.7. The zero-order valence-electron chi connectivity index (χ0n) is 19.1. The van der Waals surface area contributed by atoms with Crippen LogP contribution in [0.25, 0.3) is 15.7 Å². The van der Waals surface area contributed by atoms with Gasteiger partial charge < -0.3 is 25.1 Å². The second-order valence-electron chi connectivity index (χ2n) is 8.97. The van der Waals surface area contributed by atoms with Crippen molar-refractivity contribution < 1.29 is 9.90 Å². The van der Waals surface area contributed by atoms with Gasteiger partial charge in [-0.15, -0.1) is 0 Å². The zero-order chi connectivity index (χ0) is 24.4. The fourth-order valence-corrected chi connectivity index (χ4v) is 4.74. The van der Waals surface area contributed by atoms with Crippen LogP contribution in [0.2, 0.25) is 0 Å². The normalized spacial score (nSPS) is 18.9. The van der Waals surface area contributed by atoms with Gasteiger partial charge in [0.05, 0.1) is 18.7 Å². The van der Waals surface area contributed by atoms with Gasteiger partial charge in [0.1, 0.15) is 16.7 Å². The Morgan fingerprint density at radius 1 is 1.11 bits per heavy atom. The molecule has 2 aromatic heterocycles. The highest BCUT2D eigenvalue weighted by Gasteiger charge is 2.27. The molecular weight excluding hydrogens is 448 g/mol. The minimum atomic E-state index is -0.722. The molecule has 0 radical (unpaired) electrons. The van der Waals surface area contributed by atoms with E-state index < -0.39 is 5.97 Å². The number of hydrogen-bond acceptors (Lipinski definition) is 8. The average molecular weight is 475 g/mol. The molecule has 3 aromatic rings. The smallest absolute Gasteiger partial charge is 0.306 e. The number of benzene rings is 1. The van der Waals surface area contributed by atoms with Crippen molar-refractivity contribution in [1.29, 1.82) is 0 Å². The summed E-state index contributed by atoms with van der Waals surface area (Å²) in [5.74, 6) is -0.141. The Morgan fingerprint density at radius 2 is 1.89 bits per heavy atom. The number of nitrogens with one attached hydrogen (secondary N) is 2. The molecule has 5 rings (SSSR count). The molecule has 0 saturated carbocycles. The molecule has 0 spiro atoms. The highest BCUT2D eigenvalue weighted by molar-refractivity contribution is 5.90. The average Bonchev–Trinajstić information content (AvgIpc) is 2.89. The molecule has 180 valence electrons. The van der Waals surface area contributed by atoms with Crippen LogP contribution in [0.3, 0.4) is 0 Å². The fourth-order valence-electron chi connectivity index (χ4n) is 4.74. The first kappa shape index (κ1) is 22.6. The second kappa shape index (κ2) is 9.58. The molecule has 0 amide bonds. The standard InChI is InChI=1S/C24H26N8O3/c1-25-17-3-2-10-32(14-17)24-28-19-13-26-30-22(33)20(19)21(29-24)27-16-4-6-18(7-5-16)31-11-8-15(9-12-31)23(34)35/h4-7,13,15,17H,2-3,8-12,14H2,(H,30,33)(H,34,35)(H,27,28,29). The first-order chi connectivity index (χ1) is 17.0. The Morgan fingerprint density at radius 3 is 2.60 bits per heavy atom. The Balaban J connectivity index is 1.40. The predicted molar refractivity (Wildman–Crippen MR) is 132 cm³/mol. The summed E-state index contributed by atoms with van der Waals surface area (Å²) >= 11 is 0. The van der Waals surface area contributed by atoms with E-state index in [-0.39, 0.29) is 17.5 Å². The fraction of sp³-hybridized carbons (Fsp3) is 0.417. The Kier molecular flexibility index (Phi) is 6.18. The van der Waals surface area contributed by atoms with Gasteiger partial charge in [0.25, 0.3) is 5.56 Å². The van der Waals surface area contributed by atoms with Crippen molar-refractivity contribution in [2.24, 2.45) is 5.92 Å². The number of carboxylic acids is 1. The Labute approximate surface area is 201 Å². The van der Waals surface area contributed by atoms with E-state index in [1.54, 1.807) is 0 Å². The second-order valence-corrected chi connectivity index (χ2v) is 8.97. The number of rotatable bonds is 5. The van der Waals surface area contributed by atoms with Crippen LogP contribution in [0.4, 0.5) is 23.1 Å². The minimum Gasteiger partial charge on any atom is -0.481 e. The maximum atomic E-state index is 12.6. The molecule has 4 heterocycles. The van der Waals surface area contributed by atoms with Gasteiger partial charge in [0.2, 0.25) is 12.0 Å². The lowest BCUT2D eigenvalue weighted by Gasteiger charge is -2.32. The van der Waals surface area contributed by atoms with E-state index in [9.17, 15) is 14.7 Å². The van der Waals surface area contributed by atoms with Gasteiger partial charge in [-0.25, -0.2) is 16.7 Å². The molecule has 2 aliphatic rings. The van der Waals surface area contributed by atoms with Crippen molar-refractivity contribution in [3.63, 3.8) is 0 Å². The van der Waals surface area contributed by atoms with Crippen molar-refractivity contribution in [2.45, 2.75) is 31.7 Å². The molecule has 2 fully saturated rings. The van der Waals surface area contributed by atoms with E-state index in [1.165, 1.54) is 6.20 Å². The monoisotopic (exact) mass is 474 g/mol. The van der Waals surface area contributed by atoms with Gasteiger partial charge in [0, 0.05) is 37.4 Å². The number of aromatic amines is 1. The van der Waals surface area contributed by atoms with Gasteiger partial charge >= 0.3 is 5.97 Å². The topological polar surface area (TPSA) is 132 Å². The molecule has 1 atom stereocenters. The number of aromatic nitrogens is 4. The Bertz CT molecular complexity index is 1330. The molecule has 2 aliphatic heterocycles. The van der Waals surface area contributed by atoms with Gasteiger partial charge in [-0.2, -0.15) is 10.1 Å². The van der Waals surface area contributed by atoms with E-state index >= 15 is 0 Å². The molecule has 11 nitrogen and oxygen atoms in total. The van der Waals surface area contributed by atoms with Crippen molar-refractivity contribution in [3.8, 4) is 0 Å². The molecule has 3 N–H and O–H groups in total. The number of anilines is 4. The molecule has 1 unspecified atom stereocenters. The molecule has 35 heavy (non-hydrogen) atoms. The van der Waals surface area contributed by atoms with Crippen LogP contribution in [0, 0.1) is 12.5 Å². The predicted octanol–water partition coefficient (Wildman–Crippen LogP) is 2.65. The summed E-state index contributed by atoms with van der Waals surface area (Å²) in [4.78, 5) is 40.9. The van der Waals surface area contributed by atoms with Crippen molar-refractivity contribution >= 4 is 40.0 Å².